The fourth-order valence-electron chi connectivity index (χ4n) is 4.26. The zero-order valence-electron chi connectivity index (χ0n) is 18.8. The predicted octanol–water partition coefficient (Wildman–Crippen LogP) is 4.35. The van der Waals surface area contributed by atoms with E-state index in [1.54, 1.807) is 24.4 Å². The van der Waals surface area contributed by atoms with E-state index in [-0.39, 0.29) is 24.2 Å². The molecule has 3 heterocycles. The summed E-state index contributed by atoms with van der Waals surface area (Å²) in [5.74, 6) is 0.171. The number of halogens is 1. The molecule has 2 aromatic heterocycles. The molecule has 7 heteroatoms. The zero-order chi connectivity index (χ0) is 22.7. The first-order chi connectivity index (χ1) is 15.5. The Hall–Kier alpha value is -3.35. The summed E-state index contributed by atoms with van der Waals surface area (Å²) in [6, 6.07) is 8.24. The smallest absolute Gasteiger partial charge is 0.227 e. The number of aryl methyl sites for hydroxylation is 1. The average molecular weight is 434 g/mol. The molecule has 166 valence electrons. The molecule has 3 aromatic rings. The summed E-state index contributed by atoms with van der Waals surface area (Å²) < 4.78 is 14.2. The minimum atomic E-state index is -0.348. The molecule has 0 spiro atoms. The van der Waals surface area contributed by atoms with Gasteiger partial charge in [-0.1, -0.05) is 18.2 Å². The lowest BCUT2D eigenvalue weighted by molar-refractivity contribution is -0.134. The minimum Gasteiger partial charge on any atom is -0.347 e. The van der Waals surface area contributed by atoms with Crippen LogP contribution in [-0.4, -0.2) is 46.4 Å². The Kier molecular flexibility index (Phi) is 6.44. The lowest BCUT2D eigenvalue weighted by Gasteiger charge is -2.36. The van der Waals surface area contributed by atoms with Gasteiger partial charge in [-0.25, -0.2) is 14.4 Å². The topological polar surface area (TPSA) is 62.2 Å². The third kappa shape index (κ3) is 4.47. The van der Waals surface area contributed by atoms with Crippen LogP contribution in [0.4, 0.5) is 10.3 Å². The minimum absolute atomic E-state index is 0.0401. The maximum Gasteiger partial charge on any atom is 0.227 e. The van der Waals surface area contributed by atoms with E-state index in [2.05, 4.69) is 9.97 Å². The highest BCUT2D eigenvalue weighted by Crippen LogP contribution is 2.37. The Labute approximate surface area is 188 Å². The molecule has 1 aliphatic heterocycles. The van der Waals surface area contributed by atoms with Crippen LogP contribution < -0.4 is 4.90 Å². The summed E-state index contributed by atoms with van der Waals surface area (Å²) in [6.07, 6.45) is 8.20. The number of benzene rings is 1. The maximum atomic E-state index is 14.2. The number of anilines is 1. The number of pyridine rings is 1. The predicted molar refractivity (Wildman–Crippen MR) is 123 cm³/mol. The Morgan fingerprint density at radius 3 is 2.72 bits per heavy atom. The van der Waals surface area contributed by atoms with E-state index in [0.717, 1.165) is 41.6 Å². The third-order valence-electron chi connectivity index (χ3n) is 5.95. The third-order valence-corrected chi connectivity index (χ3v) is 5.95. The Morgan fingerprint density at radius 1 is 1.16 bits per heavy atom. The number of carbonyl (C=O) groups is 1. The normalized spacial score (nSPS) is 16.1. The lowest BCUT2D eigenvalue weighted by Crippen LogP contribution is -2.40. The molecule has 1 fully saturated rings. The van der Waals surface area contributed by atoms with Crippen molar-refractivity contribution in [2.75, 3.05) is 25.5 Å². The molecule has 4 rings (SSSR count). The quantitative estimate of drug-likeness (QED) is 0.599. The van der Waals surface area contributed by atoms with Gasteiger partial charge in [0.1, 0.15) is 5.82 Å². The molecule has 6 nitrogen and oxygen atoms in total. The molecular formula is C25H28FN5O. The van der Waals surface area contributed by atoms with Crippen LogP contribution in [0.5, 0.6) is 0 Å². The average Bonchev–Trinajstić information content (AvgIpc) is 2.80. The van der Waals surface area contributed by atoms with Gasteiger partial charge in [0.05, 0.1) is 18.2 Å². The first-order valence-corrected chi connectivity index (χ1v) is 10.9. The van der Waals surface area contributed by atoms with Crippen LogP contribution >= 0.6 is 0 Å². The molecule has 0 unspecified atom stereocenters. The van der Waals surface area contributed by atoms with E-state index in [9.17, 15) is 9.18 Å². The van der Waals surface area contributed by atoms with E-state index in [4.69, 9.17) is 4.98 Å². The van der Waals surface area contributed by atoms with Crippen LogP contribution in [0.15, 0.2) is 48.9 Å². The number of hydrogen-bond acceptors (Lipinski definition) is 5. The molecule has 0 saturated carbocycles. The van der Waals surface area contributed by atoms with E-state index in [0.29, 0.717) is 18.1 Å². The number of hydrogen-bond donors (Lipinski definition) is 0. The fraction of sp³-hybridized carbons (Fsp3) is 0.360. The number of likely N-dealkylation sites (tertiary alicyclic amines) is 1. The van der Waals surface area contributed by atoms with E-state index in [1.165, 1.54) is 6.07 Å². The van der Waals surface area contributed by atoms with E-state index in [1.807, 2.05) is 49.3 Å². The van der Waals surface area contributed by atoms with Gasteiger partial charge in [-0.2, -0.15) is 0 Å². The van der Waals surface area contributed by atoms with Gasteiger partial charge in [0.15, 0.2) is 0 Å². The van der Waals surface area contributed by atoms with Gasteiger partial charge in [-0.3, -0.25) is 9.78 Å². The summed E-state index contributed by atoms with van der Waals surface area (Å²) in [5, 5.41) is 0. The van der Waals surface area contributed by atoms with Crippen molar-refractivity contribution in [2.24, 2.45) is 0 Å². The lowest BCUT2D eigenvalue weighted by atomic mass is 9.92. The van der Waals surface area contributed by atoms with Gasteiger partial charge >= 0.3 is 0 Å². The molecule has 0 N–H and O–H groups in total. The molecule has 1 aromatic carbocycles. The molecule has 0 bridgehead atoms. The number of nitrogens with zero attached hydrogens (tertiary/aromatic N) is 5. The highest BCUT2D eigenvalue weighted by molar-refractivity contribution is 5.80. The van der Waals surface area contributed by atoms with Crippen LogP contribution in [0.3, 0.4) is 0 Å². The largest absolute Gasteiger partial charge is 0.347 e. The van der Waals surface area contributed by atoms with Crippen molar-refractivity contribution in [1.29, 1.82) is 0 Å². The second-order valence-corrected chi connectivity index (χ2v) is 8.42. The van der Waals surface area contributed by atoms with Gasteiger partial charge < -0.3 is 9.80 Å². The van der Waals surface area contributed by atoms with Crippen molar-refractivity contribution in [3.63, 3.8) is 0 Å². The summed E-state index contributed by atoms with van der Waals surface area (Å²) in [5.41, 5.74) is 4.19. The Bertz CT molecular complexity index is 1120. The summed E-state index contributed by atoms with van der Waals surface area (Å²) in [6.45, 7) is 2.64. The number of piperidine rings is 1. The van der Waals surface area contributed by atoms with Gasteiger partial charge in [0.25, 0.3) is 0 Å². The van der Waals surface area contributed by atoms with Crippen LogP contribution in [-0.2, 0) is 11.2 Å². The van der Waals surface area contributed by atoms with Crippen molar-refractivity contribution in [3.05, 3.63) is 71.6 Å². The zero-order valence-corrected chi connectivity index (χ0v) is 18.8. The van der Waals surface area contributed by atoms with Crippen LogP contribution in [0, 0.1) is 12.7 Å². The number of aromatic nitrogens is 3. The standard InChI is InChI=1S/C25H28FN5O/c1-17-15-27-12-11-19(17)20-16-28-25(30(2)3)29-24(20)22-10-6-7-13-31(22)23(32)14-18-8-4-5-9-21(18)26/h4-5,8-9,11-12,15-16,22H,6-7,10,13-14H2,1-3H3/t22-/m0/s1. The van der Waals surface area contributed by atoms with Crippen LogP contribution in [0.25, 0.3) is 11.1 Å². The van der Waals surface area contributed by atoms with E-state index < -0.39 is 0 Å². The van der Waals surface area contributed by atoms with E-state index >= 15 is 0 Å². The van der Waals surface area contributed by atoms with Crippen LogP contribution in [0.1, 0.15) is 42.1 Å². The van der Waals surface area contributed by atoms with Gasteiger partial charge in [-0.05, 0) is 55.0 Å². The summed E-state index contributed by atoms with van der Waals surface area (Å²) in [4.78, 5) is 30.7. The molecule has 0 aliphatic carbocycles. The Morgan fingerprint density at radius 2 is 1.97 bits per heavy atom. The van der Waals surface area contributed by atoms with Crippen molar-refractivity contribution in [1.82, 2.24) is 19.9 Å². The molecule has 0 radical (unpaired) electrons. The van der Waals surface area contributed by atoms with Crippen molar-refractivity contribution in [2.45, 2.75) is 38.6 Å². The van der Waals surface area contributed by atoms with Gasteiger partial charge in [0.2, 0.25) is 11.9 Å². The first-order valence-electron chi connectivity index (χ1n) is 10.9. The maximum absolute atomic E-state index is 14.2. The number of amides is 1. The monoisotopic (exact) mass is 433 g/mol. The van der Waals surface area contributed by atoms with Crippen LogP contribution in [0.2, 0.25) is 0 Å². The molecular weight excluding hydrogens is 405 g/mol. The first kappa shape index (κ1) is 21.9. The molecule has 1 atom stereocenters. The highest BCUT2D eigenvalue weighted by Gasteiger charge is 2.32. The van der Waals surface area contributed by atoms with Crippen molar-refractivity contribution < 1.29 is 9.18 Å². The summed E-state index contributed by atoms with van der Waals surface area (Å²) in [7, 11) is 3.80. The van der Waals surface area contributed by atoms with Gasteiger partial charge in [-0.15, -0.1) is 0 Å². The fourth-order valence-corrected chi connectivity index (χ4v) is 4.26. The Balaban J connectivity index is 1.75. The molecule has 1 aliphatic rings. The molecule has 32 heavy (non-hydrogen) atoms. The molecule has 1 saturated heterocycles. The highest BCUT2D eigenvalue weighted by atomic mass is 19.1. The van der Waals surface area contributed by atoms with Crippen molar-refractivity contribution >= 4 is 11.9 Å². The molecule has 1 amide bonds. The SMILES string of the molecule is Cc1cnccc1-c1cnc(N(C)C)nc1[C@@H]1CCCCN1C(=O)Cc1ccccc1F. The summed E-state index contributed by atoms with van der Waals surface area (Å²) >= 11 is 0. The second kappa shape index (κ2) is 9.42. The number of carbonyl (C=O) groups excluding carboxylic acids is 1. The van der Waals surface area contributed by atoms with Crippen molar-refractivity contribution in [3.8, 4) is 11.1 Å². The van der Waals surface area contributed by atoms with Gasteiger partial charge in [0, 0.05) is 44.8 Å². The number of rotatable bonds is 5. The second-order valence-electron chi connectivity index (χ2n) is 8.42.